The van der Waals surface area contributed by atoms with Crippen molar-refractivity contribution in [2.75, 3.05) is 12.4 Å². The van der Waals surface area contributed by atoms with Gasteiger partial charge in [-0.25, -0.2) is 9.97 Å². The highest BCUT2D eigenvalue weighted by molar-refractivity contribution is 14.1. The molecule has 5 nitrogen and oxygen atoms in total. The molecule has 0 aliphatic heterocycles. The van der Waals surface area contributed by atoms with Gasteiger partial charge in [0.1, 0.15) is 11.5 Å². The van der Waals surface area contributed by atoms with Crippen LogP contribution in [0.2, 0.25) is 0 Å². The third kappa shape index (κ3) is 3.11. The van der Waals surface area contributed by atoms with E-state index in [1.165, 1.54) is 0 Å². The minimum Gasteiger partial charge on any atom is -0.372 e. The number of halogens is 1. The Kier molecular flexibility index (Phi) is 4.95. The number of nitrogens with one attached hydrogen (secondary N) is 1. The smallest absolute Gasteiger partial charge is 0.180 e. The largest absolute Gasteiger partial charge is 0.372 e. The van der Waals surface area contributed by atoms with Gasteiger partial charge in [-0.2, -0.15) is 5.10 Å². The van der Waals surface area contributed by atoms with Gasteiger partial charge < -0.3 is 5.32 Å². The van der Waals surface area contributed by atoms with E-state index in [4.69, 9.17) is 4.98 Å². The van der Waals surface area contributed by atoms with Crippen LogP contribution in [0, 0.1) is 9.49 Å². The average molecular weight is 385 g/mol. The van der Waals surface area contributed by atoms with Crippen molar-refractivity contribution in [3.05, 3.63) is 21.5 Å². The number of nitrogens with zero attached hydrogens (tertiary/aromatic N) is 4. The SMILES string of the molecule is CCn1nccc1-c1nc(CC(C)C)c(I)c(NC)n1. The van der Waals surface area contributed by atoms with Crippen molar-refractivity contribution in [1.29, 1.82) is 0 Å². The molecule has 0 amide bonds. The van der Waals surface area contributed by atoms with Crippen LogP contribution in [0.5, 0.6) is 0 Å². The fourth-order valence-corrected chi connectivity index (χ4v) is 2.80. The van der Waals surface area contributed by atoms with Crippen molar-refractivity contribution < 1.29 is 0 Å². The van der Waals surface area contributed by atoms with E-state index in [0.717, 1.165) is 39.6 Å². The van der Waals surface area contributed by atoms with Crippen molar-refractivity contribution in [3.63, 3.8) is 0 Å². The number of anilines is 1. The van der Waals surface area contributed by atoms with Gasteiger partial charge in [-0.1, -0.05) is 13.8 Å². The normalized spacial score (nSPS) is 11.1. The predicted octanol–water partition coefficient (Wildman–Crippen LogP) is 3.20. The Labute approximate surface area is 133 Å². The summed E-state index contributed by atoms with van der Waals surface area (Å²) in [6.45, 7) is 7.28. The van der Waals surface area contributed by atoms with Gasteiger partial charge in [0.25, 0.3) is 0 Å². The van der Waals surface area contributed by atoms with Gasteiger partial charge in [-0.05, 0) is 47.9 Å². The molecule has 0 aliphatic carbocycles. The van der Waals surface area contributed by atoms with Gasteiger partial charge in [-0.15, -0.1) is 0 Å². The van der Waals surface area contributed by atoms with Crippen molar-refractivity contribution in [2.24, 2.45) is 5.92 Å². The lowest BCUT2D eigenvalue weighted by Crippen LogP contribution is -2.09. The maximum absolute atomic E-state index is 4.75. The third-order valence-corrected chi connectivity index (χ3v) is 4.14. The molecule has 0 radical (unpaired) electrons. The molecule has 0 fully saturated rings. The first kappa shape index (κ1) is 15.2. The summed E-state index contributed by atoms with van der Waals surface area (Å²) in [6, 6.07) is 1.96. The summed E-state index contributed by atoms with van der Waals surface area (Å²) in [7, 11) is 1.89. The van der Waals surface area contributed by atoms with Crippen LogP contribution in [-0.2, 0) is 13.0 Å². The number of aryl methyl sites for hydroxylation is 1. The van der Waals surface area contributed by atoms with E-state index in [1.54, 1.807) is 6.20 Å². The van der Waals surface area contributed by atoms with Crippen LogP contribution in [0.4, 0.5) is 5.82 Å². The van der Waals surface area contributed by atoms with Crippen LogP contribution in [0.15, 0.2) is 12.3 Å². The molecule has 2 aromatic rings. The van der Waals surface area contributed by atoms with E-state index in [9.17, 15) is 0 Å². The van der Waals surface area contributed by atoms with Gasteiger partial charge in [0.2, 0.25) is 0 Å². The fraction of sp³-hybridized carbons (Fsp3) is 0.500. The quantitative estimate of drug-likeness (QED) is 0.804. The number of rotatable bonds is 5. The Morgan fingerprint density at radius 1 is 1.35 bits per heavy atom. The van der Waals surface area contributed by atoms with Gasteiger partial charge in [0.15, 0.2) is 5.82 Å². The molecule has 6 heteroatoms. The molecule has 0 aromatic carbocycles. The molecule has 0 aliphatic rings. The second-order valence-electron chi connectivity index (χ2n) is 5.04. The summed E-state index contributed by atoms with van der Waals surface area (Å²) in [5.41, 5.74) is 2.06. The summed E-state index contributed by atoms with van der Waals surface area (Å²) in [6.07, 6.45) is 2.74. The molecule has 2 heterocycles. The highest BCUT2D eigenvalue weighted by atomic mass is 127. The number of hydrogen-bond acceptors (Lipinski definition) is 4. The topological polar surface area (TPSA) is 55.6 Å². The molecule has 0 atom stereocenters. The number of aromatic nitrogens is 4. The average Bonchev–Trinajstić information content (AvgIpc) is 2.89. The molecular weight excluding hydrogens is 365 g/mol. The Morgan fingerprint density at radius 3 is 2.70 bits per heavy atom. The summed E-state index contributed by atoms with van der Waals surface area (Å²) in [4.78, 5) is 9.37. The standard InChI is InChI=1S/C14H20IN5/c1-5-20-11(6-7-17-20)13-18-10(8-9(2)3)12(15)14(16-4)19-13/h6-7,9H,5,8H2,1-4H3,(H,16,18,19). The summed E-state index contributed by atoms with van der Waals surface area (Å²) in [5, 5.41) is 7.45. The second kappa shape index (κ2) is 6.51. The maximum Gasteiger partial charge on any atom is 0.180 e. The van der Waals surface area contributed by atoms with Crippen molar-refractivity contribution in [1.82, 2.24) is 19.7 Å². The Bertz CT molecular complexity index is 591. The zero-order chi connectivity index (χ0) is 14.7. The van der Waals surface area contributed by atoms with Crippen LogP contribution in [0.1, 0.15) is 26.5 Å². The molecule has 1 N–H and O–H groups in total. The van der Waals surface area contributed by atoms with Crippen LogP contribution in [0.3, 0.4) is 0 Å². The summed E-state index contributed by atoms with van der Waals surface area (Å²) >= 11 is 2.32. The molecule has 0 unspecified atom stereocenters. The van der Waals surface area contributed by atoms with E-state index in [0.29, 0.717) is 5.92 Å². The molecule has 2 aromatic heterocycles. The van der Waals surface area contributed by atoms with Gasteiger partial charge in [0.05, 0.1) is 9.26 Å². The summed E-state index contributed by atoms with van der Waals surface area (Å²) in [5.74, 6) is 2.19. The van der Waals surface area contributed by atoms with Crippen molar-refractivity contribution >= 4 is 28.4 Å². The zero-order valence-electron chi connectivity index (χ0n) is 12.3. The fourth-order valence-electron chi connectivity index (χ4n) is 2.07. The van der Waals surface area contributed by atoms with Gasteiger partial charge >= 0.3 is 0 Å². The van der Waals surface area contributed by atoms with Crippen LogP contribution < -0.4 is 5.32 Å². The van der Waals surface area contributed by atoms with Gasteiger partial charge in [0, 0.05) is 19.8 Å². The molecule has 0 bridgehead atoms. The summed E-state index contributed by atoms with van der Waals surface area (Å²) < 4.78 is 3.02. The number of hydrogen-bond donors (Lipinski definition) is 1. The first-order valence-electron chi connectivity index (χ1n) is 6.83. The van der Waals surface area contributed by atoms with Gasteiger partial charge in [-0.3, -0.25) is 4.68 Å². The van der Waals surface area contributed by atoms with E-state index in [2.05, 4.69) is 58.8 Å². The molecule has 0 spiro atoms. The Hall–Kier alpha value is -1.18. The first-order valence-corrected chi connectivity index (χ1v) is 7.91. The Balaban J connectivity index is 2.54. The molecule has 20 heavy (non-hydrogen) atoms. The van der Waals surface area contributed by atoms with E-state index >= 15 is 0 Å². The molecular formula is C14H20IN5. The molecule has 0 saturated carbocycles. The van der Waals surface area contributed by atoms with Crippen LogP contribution >= 0.6 is 22.6 Å². The van der Waals surface area contributed by atoms with Crippen molar-refractivity contribution in [2.45, 2.75) is 33.7 Å². The lowest BCUT2D eigenvalue weighted by molar-refractivity contribution is 0.630. The first-order chi connectivity index (χ1) is 9.56. The maximum atomic E-state index is 4.75. The van der Waals surface area contributed by atoms with E-state index < -0.39 is 0 Å². The lowest BCUT2D eigenvalue weighted by atomic mass is 10.1. The monoisotopic (exact) mass is 385 g/mol. The van der Waals surface area contributed by atoms with Crippen LogP contribution in [0.25, 0.3) is 11.5 Å². The molecule has 0 saturated heterocycles. The lowest BCUT2D eigenvalue weighted by Gasteiger charge is -2.13. The predicted molar refractivity (Wildman–Crippen MR) is 89.7 cm³/mol. The minimum atomic E-state index is 0.562. The third-order valence-electron chi connectivity index (χ3n) is 3.00. The van der Waals surface area contributed by atoms with Crippen molar-refractivity contribution in [3.8, 4) is 11.5 Å². The zero-order valence-corrected chi connectivity index (χ0v) is 14.5. The molecule has 2 rings (SSSR count). The molecule has 108 valence electrons. The van der Waals surface area contributed by atoms with E-state index in [-0.39, 0.29) is 0 Å². The highest BCUT2D eigenvalue weighted by Gasteiger charge is 2.15. The van der Waals surface area contributed by atoms with Crippen LogP contribution in [-0.4, -0.2) is 26.8 Å². The minimum absolute atomic E-state index is 0.562. The Morgan fingerprint density at radius 2 is 2.10 bits per heavy atom. The highest BCUT2D eigenvalue weighted by Crippen LogP contribution is 2.25. The second-order valence-corrected chi connectivity index (χ2v) is 6.12. The van der Waals surface area contributed by atoms with E-state index in [1.807, 2.05) is 17.8 Å².